The molecule has 0 aliphatic rings. The van der Waals surface area contributed by atoms with Crippen molar-refractivity contribution in [3.8, 4) is 11.3 Å². The molecule has 0 spiro atoms. The number of aromatic nitrogens is 2. The molecule has 5 nitrogen and oxygen atoms in total. The minimum Gasteiger partial charge on any atom is -0.455 e. The lowest BCUT2D eigenvalue weighted by Gasteiger charge is -1.97. The summed E-state index contributed by atoms with van der Waals surface area (Å²) in [7, 11) is 0. The van der Waals surface area contributed by atoms with Gasteiger partial charge in [0.25, 0.3) is 0 Å². The van der Waals surface area contributed by atoms with E-state index in [1.807, 2.05) is 60.7 Å². The molecule has 6 heteroatoms. The Balaban J connectivity index is 1.48. The van der Waals surface area contributed by atoms with E-state index in [-0.39, 0.29) is 0 Å². The van der Waals surface area contributed by atoms with Crippen LogP contribution in [-0.4, -0.2) is 16.2 Å². The number of rotatable bonds is 4. The maximum atomic E-state index is 6.00. The molecule has 0 fully saturated rings. The fraction of sp³-hybridized carbons (Fsp3) is 0. The molecule has 0 aliphatic carbocycles. The summed E-state index contributed by atoms with van der Waals surface area (Å²) in [5, 5.41) is 4.82. The molecule has 0 unspecified atom stereocenters. The van der Waals surface area contributed by atoms with Gasteiger partial charge in [0.1, 0.15) is 11.5 Å². The first kappa shape index (κ1) is 14.5. The molecule has 24 heavy (non-hydrogen) atoms. The van der Waals surface area contributed by atoms with Crippen LogP contribution in [-0.2, 0) is 0 Å². The molecule has 0 saturated heterocycles. The van der Waals surface area contributed by atoms with E-state index in [9.17, 15) is 0 Å². The molecule has 0 atom stereocenters. The Morgan fingerprint density at radius 3 is 2.88 bits per heavy atom. The van der Waals surface area contributed by atoms with Crippen LogP contribution in [0.25, 0.3) is 22.4 Å². The molecule has 0 bridgehead atoms. The third-order valence-corrected chi connectivity index (χ3v) is 3.72. The van der Waals surface area contributed by atoms with Crippen LogP contribution >= 0.6 is 11.6 Å². The van der Waals surface area contributed by atoms with Gasteiger partial charge in [-0.2, -0.15) is 5.10 Å². The smallest absolute Gasteiger partial charge is 0.222 e. The predicted molar refractivity (Wildman–Crippen MR) is 96.5 cm³/mol. The van der Waals surface area contributed by atoms with Gasteiger partial charge in [-0.15, -0.1) is 0 Å². The molecule has 2 aromatic carbocycles. The van der Waals surface area contributed by atoms with Crippen molar-refractivity contribution >= 4 is 34.8 Å². The molecule has 0 radical (unpaired) electrons. The second-order valence-electron chi connectivity index (χ2n) is 5.18. The lowest BCUT2D eigenvalue weighted by molar-refractivity contribution is 0.575. The highest BCUT2D eigenvalue weighted by Crippen LogP contribution is 2.24. The van der Waals surface area contributed by atoms with Gasteiger partial charge in [-0.1, -0.05) is 35.9 Å². The maximum Gasteiger partial charge on any atom is 0.222 e. The molecule has 2 N–H and O–H groups in total. The number of hydrazone groups is 1. The van der Waals surface area contributed by atoms with Gasteiger partial charge in [-0.25, -0.2) is 10.4 Å². The standard InChI is InChI=1S/C18H13ClN4O/c19-13-5-3-4-12(10-13)17-9-8-14(24-17)11-20-23-18-21-15-6-1-2-7-16(15)22-18/h1-11H,(H2,21,22,23)/b20-11+. The first-order valence-corrected chi connectivity index (χ1v) is 7.75. The van der Waals surface area contributed by atoms with Gasteiger partial charge < -0.3 is 9.40 Å². The van der Waals surface area contributed by atoms with Crippen molar-refractivity contribution in [1.29, 1.82) is 0 Å². The zero-order chi connectivity index (χ0) is 16.4. The van der Waals surface area contributed by atoms with Crippen molar-refractivity contribution in [2.75, 3.05) is 5.43 Å². The van der Waals surface area contributed by atoms with Crippen molar-refractivity contribution in [2.45, 2.75) is 0 Å². The molecule has 0 amide bonds. The fourth-order valence-electron chi connectivity index (χ4n) is 2.38. The number of benzene rings is 2. The first-order valence-electron chi connectivity index (χ1n) is 7.37. The van der Waals surface area contributed by atoms with Gasteiger partial charge in [0.05, 0.1) is 17.2 Å². The number of halogens is 1. The summed E-state index contributed by atoms with van der Waals surface area (Å²) in [5.41, 5.74) is 5.63. The lowest BCUT2D eigenvalue weighted by atomic mass is 10.2. The van der Waals surface area contributed by atoms with E-state index in [4.69, 9.17) is 16.0 Å². The molecular formula is C18H13ClN4O. The zero-order valence-corrected chi connectivity index (χ0v) is 13.3. The van der Waals surface area contributed by atoms with Crippen molar-refractivity contribution in [3.63, 3.8) is 0 Å². The van der Waals surface area contributed by atoms with Crippen LogP contribution < -0.4 is 5.43 Å². The summed E-state index contributed by atoms with van der Waals surface area (Å²) >= 11 is 6.00. The Hall–Kier alpha value is -3.05. The van der Waals surface area contributed by atoms with Gasteiger partial charge >= 0.3 is 0 Å². The number of para-hydroxylation sites is 2. The lowest BCUT2D eigenvalue weighted by Crippen LogP contribution is -1.91. The average Bonchev–Trinajstić information content (AvgIpc) is 3.21. The van der Waals surface area contributed by atoms with E-state index in [2.05, 4.69) is 20.5 Å². The topological polar surface area (TPSA) is 66.2 Å². The number of nitrogens with zero attached hydrogens (tertiary/aromatic N) is 2. The molecule has 4 rings (SSSR count). The van der Waals surface area contributed by atoms with Crippen LogP contribution in [0.5, 0.6) is 0 Å². The quantitative estimate of drug-likeness (QED) is 0.410. The van der Waals surface area contributed by atoms with Crippen LogP contribution in [0.3, 0.4) is 0 Å². The Labute approximate surface area is 143 Å². The van der Waals surface area contributed by atoms with Gasteiger partial charge in [0, 0.05) is 10.6 Å². The maximum absolute atomic E-state index is 6.00. The number of nitrogens with one attached hydrogen (secondary N) is 2. The molecule has 0 saturated carbocycles. The zero-order valence-electron chi connectivity index (χ0n) is 12.5. The van der Waals surface area contributed by atoms with Crippen LogP contribution in [0.15, 0.2) is 70.2 Å². The van der Waals surface area contributed by atoms with E-state index < -0.39 is 0 Å². The number of hydrogen-bond donors (Lipinski definition) is 2. The third kappa shape index (κ3) is 3.02. The SMILES string of the molecule is Clc1cccc(-c2ccc(/C=N/Nc3nc4ccccc4[nH]3)o2)c1. The van der Waals surface area contributed by atoms with Crippen molar-refractivity contribution < 1.29 is 4.42 Å². The van der Waals surface area contributed by atoms with Crippen molar-refractivity contribution in [2.24, 2.45) is 5.10 Å². The number of furan rings is 1. The average molecular weight is 337 g/mol. The number of H-pyrrole nitrogens is 1. The highest BCUT2D eigenvalue weighted by molar-refractivity contribution is 6.30. The molecule has 118 valence electrons. The number of aromatic amines is 1. The largest absolute Gasteiger partial charge is 0.455 e. The minimum atomic E-state index is 0.578. The van der Waals surface area contributed by atoms with Crippen LogP contribution in [0, 0.1) is 0 Å². The van der Waals surface area contributed by atoms with E-state index in [1.54, 1.807) is 6.21 Å². The summed E-state index contributed by atoms with van der Waals surface area (Å²) < 4.78 is 5.74. The van der Waals surface area contributed by atoms with E-state index >= 15 is 0 Å². The summed E-state index contributed by atoms with van der Waals surface area (Å²) in [6.07, 6.45) is 1.60. The second-order valence-corrected chi connectivity index (χ2v) is 5.62. The highest BCUT2D eigenvalue weighted by Gasteiger charge is 2.04. The summed E-state index contributed by atoms with van der Waals surface area (Å²) in [6.45, 7) is 0. The van der Waals surface area contributed by atoms with Gasteiger partial charge in [0.15, 0.2) is 0 Å². The van der Waals surface area contributed by atoms with Gasteiger partial charge in [0.2, 0.25) is 5.95 Å². The molecular weight excluding hydrogens is 324 g/mol. The second kappa shape index (κ2) is 6.22. The van der Waals surface area contributed by atoms with Crippen LogP contribution in [0.1, 0.15) is 5.76 Å². The number of hydrogen-bond acceptors (Lipinski definition) is 4. The van der Waals surface area contributed by atoms with Crippen LogP contribution in [0.2, 0.25) is 5.02 Å². The summed E-state index contributed by atoms with van der Waals surface area (Å²) in [4.78, 5) is 7.52. The first-order chi connectivity index (χ1) is 11.8. The van der Waals surface area contributed by atoms with Gasteiger partial charge in [-0.05, 0) is 36.4 Å². The molecule has 0 aliphatic heterocycles. The Morgan fingerprint density at radius 2 is 2.00 bits per heavy atom. The number of imidazole rings is 1. The normalized spacial score (nSPS) is 11.4. The van der Waals surface area contributed by atoms with E-state index in [1.165, 1.54) is 0 Å². The van der Waals surface area contributed by atoms with E-state index in [0.717, 1.165) is 22.4 Å². The molecule has 2 heterocycles. The summed E-state index contributed by atoms with van der Waals surface area (Å²) in [5.74, 6) is 1.95. The van der Waals surface area contributed by atoms with Crippen molar-refractivity contribution in [1.82, 2.24) is 9.97 Å². The Morgan fingerprint density at radius 1 is 1.08 bits per heavy atom. The number of fused-ring (bicyclic) bond motifs is 1. The highest BCUT2D eigenvalue weighted by atomic mass is 35.5. The Bertz CT molecular complexity index is 985. The number of anilines is 1. The third-order valence-electron chi connectivity index (χ3n) is 3.49. The minimum absolute atomic E-state index is 0.578. The fourth-order valence-corrected chi connectivity index (χ4v) is 2.57. The van der Waals surface area contributed by atoms with E-state index in [0.29, 0.717) is 16.7 Å². The monoisotopic (exact) mass is 336 g/mol. The predicted octanol–water partition coefficient (Wildman–Crippen LogP) is 4.92. The Kier molecular flexibility index (Phi) is 3.76. The molecule has 2 aromatic heterocycles. The molecule has 4 aromatic rings. The van der Waals surface area contributed by atoms with Crippen LogP contribution in [0.4, 0.5) is 5.95 Å². The van der Waals surface area contributed by atoms with Gasteiger partial charge in [-0.3, -0.25) is 0 Å². The summed E-state index contributed by atoms with van der Waals surface area (Å²) in [6, 6.07) is 19.0. The van der Waals surface area contributed by atoms with Crippen molar-refractivity contribution in [3.05, 3.63) is 71.4 Å².